The lowest BCUT2D eigenvalue weighted by Gasteiger charge is -2.14. The smallest absolute Gasteiger partial charge is 0.140 e. The van der Waals surface area contributed by atoms with Crippen LogP contribution in [0, 0.1) is 0 Å². The van der Waals surface area contributed by atoms with Gasteiger partial charge in [0.1, 0.15) is 12.2 Å². The maximum Gasteiger partial charge on any atom is 0.140 e. The Morgan fingerprint density at radius 3 is 3.07 bits per heavy atom. The molecule has 1 heterocycles. The Hall–Kier alpha value is -0.650. The van der Waals surface area contributed by atoms with Gasteiger partial charge in [0.2, 0.25) is 0 Å². The van der Waals surface area contributed by atoms with Crippen molar-refractivity contribution in [2.24, 2.45) is 0 Å². The summed E-state index contributed by atoms with van der Waals surface area (Å²) in [5.41, 5.74) is 0. The number of hydrogen-bond acceptors (Lipinski definition) is 4. The second-order valence-electron chi connectivity index (χ2n) is 3.18. The minimum absolute atomic E-state index is 0.152. The summed E-state index contributed by atoms with van der Waals surface area (Å²) in [6, 6.07) is 0.152. The van der Waals surface area contributed by atoms with E-state index >= 15 is 0 Å². The van der Waals surface area contributed by atoms with Crippen molar-refractivity contribution in [2.45, 2.75) is 26.1 Å². The lowest BCUT2D eigenvalue weighted by molar-refractivity contribution is 0.172. The SMILES string of the molecule is CCn1ncnc1CNC(CCl)COC. The lowest BCUT2D eigenvalue weighted by Crippen LogP contribution is -2.35. The van der Waals surface area contributed by atoms with Crippen LogP contribution in [-0.2, 0) is 17.8 Å². The number of methoxy groups -OCH3 is 1. The summed E-state index contributed by atoms with van der Waals surface area (Å²) in [6.45, 7) is 4.12. The molecule has 0 spiro atoms. The molecule has 0 saturated carbocycles. The van der Waals surface area contributed by atoms with Gasteiger partial charge < -0.3 is 10.1 Å². The fraction of sp³-hybridized carbons (Fsp3) is 0.778. The van der Waals surface area contributed by atoms with Crippen molar-refractivity contribution in [3.8, 4) is 0 Å². The van der Waals surface area contributed by atoms with Crippen LogP contribution in [0.1, 0.15) is 12.7 Å². The van der Waals surface area contributed by atoms with Crippen molar-refractivity contribution in [2.75, 3.05) is 19.6 Å². The van der Waals surface area contributed by atoms with Gasteiger partial charge in [-0.1, -0.05) is 0 Å². The first-order chi connectivity index (χ1) is 7.31. The van der Waals surface area contributed by atoms with Gasteiger partial charge in [-0.15, -0.1) is 11.6 Å². The first-order valence-electron chi connectivity index (χ1n) is 4.96. The quantitative estimate of drug-likeness (QED) is 0.702. The monoisotopic (exact) mass is 232 g/mol. The predicted octanol–water partition coefficient (Wildman–Crippen LogP) is 0.641. The van der Waals surface area contributed by atoms with Gasteiger partial charge in [-0.3, -0.25) is 0 Å². The van der Waals surface area contributed by atoms with E-state index in [1.54, 1.807) is 13.4 Å². The van der Waals surface area contributed by atoms with E-state index in [0.717, 1.165) is 12.4 Å². The normalized spacial score (nSPS) is 13.0. The molecule has 15 heavy (non-hydrogen) atoms. The van der Waals surface area contributed by atoms with Crippen molar-refractivity contribution in [1.29, 1.82) is 0 Å². The Kier molecular flexibility index (Phi) is 5.60. The molecule has 0 aromatic carbocycles. The number of aryl methyl sites for hydroxylation is 1. The summed E-state index contributed by atoms with van der Waals surface area (Å²) in [4.78, 5) is 4.16. The lowest BCUT2D eigenvalue weighted by atomic mass is 10.3. The Morgan fingerprint density at radius 2 is 2.47 bits per heavy atom. The summed E-state index contributed by atoms with van der Waals surface area (Å²) in [6.07, 6.45) is 1.56. The van der Waals surface area contributed by atoms with Crippen molar-refractivity contribution >= 4 is 11.6 Å². The molecule has 0 aliphatic rings. The molecule has 1 aromatic heterocycles. The van der Waals surface area contributed by atoms with Crippen molar-refractivity contribution in [1.82, 2.24) is 20.1 Å². The molecular weight excluding hydrogens is 216 g/mol. The van der Waals surface area contributed by atoms with E-state index in [-0.39, 0.29) is 6.04 Å². The summed E-state index contributed by atoms with van der Waals surface area (Å²) in [5, 5.41) is 7.35. The van der Waals surface area contributed by atoms with Crippen LogP contribution in [0.2, 0.25) is 0 Å². The summed E-state index contributed by atoms with van der Waals surface area (Å²) in [5.74, 6) is 1.44. The van der Waals surface area contributed by atoms with E-state index in [9.17, 15) is 0 Å². The molecule has 86 valence electrons. The van der Waals surface area contributed by atoms with Gasteiger partial charge in [-0.2, -0.15) is 5.10 Å². The van der Waals surface area contributed by atoms with Crippen molar-refractivity contribution in [3.63, 3.8) is 0 Å². The average Bonchev–Trinajstić information content (AvgIpc) is 2.71. The molecule has 1 atom stereocenters. The number of aromatic nitrogens is 3. The maximum absolute atomic E-state index is 5.77. The fourth-order valence-electron chi connectivity index (χ4n) is 1.28. The van der Waals surface area contributed by atoms with Crippen LogP contribution < -0.4 is 5.32 Å². The molecule has 1 rings (SSSR count). The van der Waals surface area contributed by atoms with E-state index in [4.69, 9.17) is 16.3 Å². The molecule has 1 aromatic rings. The molecule has 0 radical (unpaired) electrons. The molecule has 1 unspecified atom stereocenters. The highest BCUT2D eigenvalue weighted by molar-refractivity contribution is 6.18. The van der Waals surface area contributed by atoms with Gasteiger partial charge >= 0.3 is 0 Å². The van der Waals surface area contributed by atoms with Crippen LogP contribution in [0.15, 0.2) is 6.33 Å². The molecule has 5 nitrogen and oxygen atoms in total. The average molecular weight is 233 g/mol. The molecular formula is C9H17ClN4O. The van der Waals surface area contributed by atoms with Gasteiger partial charge in [0.15, 0.2) is 0 Å². The third kappa shape index (κ3) is 3.77. The second kappa shape index (κ2) is 6.76. The topological polar surface area (TPSA) is 52.0 Å². The molecule has 0 aliphatic carbocycles. The van der Waals surface area contributed by atoms with Crippen LogP contribution in [0.5, 0.6) is 0 Å². The highest BCUT2D eigenvalue weighted by Gasteiger charge is 2.08. The minimum Gasteiger partial charge on any atom is -0.383 e. The van der Waals surface area contributed by atoms with Crippen LogP contribution in [0.25, 0.3) is 0 Å². The Morgan fingerprint density at radius 1 is 1.67 bits per heavy atom. The molecule has 0 amide bonds. The minimum atomic E-state index is 0.152. The van der Waals surface area contributed by atoms with E-state index in [1.165, 1.54) is 0 Å². The predicted molar refractivity (Wildman–Crippen MR) is 58.9 cm³/mol. The largest absolute Gasteiger partial charge is 0.383 e. The van der Waals surface area contributed by atoms with Crippen LogP contribution in [0.4, 0.5) is 0 Å². The van der Waals surface area contributed by atoms with E-state index in [0.29, 0.717) is 19.0 Å². The Bertz CT molecular complexity index is 279. The third-order valence-electron chi connectivity index (χ3n) is 2.10. The first-order valence-corrected chi connectivity index (χ1v) is 5.50. The summed E-state index contributed by atoms with van der Waals surface area (Å²) >= 11 is 5.77. The van der Waals surface area contributed by atoms with Crippen LogP contribution in [0.3, 0.4) is 0 Å². The van der Waals surface area contributed by atoms with E-state index in [2.05, 4.69) is 15.4 Å². The zero-order chi connectivity index (χ0) is 11.1. The van der Waals surface area contributed by atoms with Gasteiger partial charge in [0.25, 0.3) is 0 Å². The highest BCUT2D eigenvalue weighted by atomic mass is 35.5. The maximum atomic E-state index is 5.77. The summed E-state index contributed by atoms with van der Waals surface area (Å²) in [7, 11) is 1.66. The van der Waals surface area contributed by atoms with Crippen molar-refractivity contribution < 1.29 is 4.74 Å². The van der Waals surface area contributed by atoms with Crippen LogP contribution in [-0.4, -0.2) is 40.4 Å². The first kappa shape index (κ1) is 12.4. The van der Waals surface area contributed by atoms with Gasteiger partial charge in [-0.25, -0.2) is 9.67 Å². The molecule has 0 aliphatic heterocycles. The molecule has 0 fully saturated rings. The molecule has 6 heteroatoms. The second-order valence-corrected chi connectivity index (χ2v) is 3.49. The highest BCUT2D eigenvalue weighted by Crippen LogP contribution is 1.96. The van der Waals surface area contributed by atoms with Gasteiger partial charge in [0, 0.05) is 25.6 Å². The molecule has 1 N–H and O–H groups in total. The number of hydrogen-bond donors (Lipinski definition) is 1. The fourth-order valence-corrected chi connectivity index (χ4v) is 1.48. The number of ether oxygens (including phenoxy) is 1. The zero-order valence-corrected chi connectivity index (χ0v) is 9.87. The number of alkyl halides is 1. The van der Waals surface area contributed by atoms with Gasteiger partial charge in [-0.05, 0) is 6.92 Å². The van der Waals surface area contributed by atoms with E-state index in [1.807, 2.05) is 11.6 Å². The number of halogens is 1. The third-order valence-corrected chi connectivity index (χ3v) is 2.47. The molecule has 0 saturated heterocycles. The van der Waals surface area contributed by atoms with Crippen molar-refractivity contribution in [3.05, 3.63) is 12.2 Å². The number of nitrogens with one attached hydrogen (secondary N) is 1. The van der Waals surface area contributed by atoms with Gasteiger partial charge in [0.05, 0.1) is 13.2 Å². The van der Waals surface area contributed by atoms with E-state index < -0.39 is 0 Å². The Labute approximate surface area is 94.8 Å². The standard InChI is InChI=1S/C9H17ClN4O/c1-3-14-9(12-7-13-14)5-11-8(4-10)6-15-2/h7-8,11H,3-6H2,1-2H3. The number of rotatable bonds is 7. The number of nitrogens with zero attached hydrogens (tertiary/aromatic N) is 3. The zero-order valence-electron chi connectivity index (χ0n) is 9.11. The Balaban J connectivity index is 2.41. The molecule has 0 bridgehead atoms. The van der Waals surface area contributed by atoms with Crippen LogP contribution >= 0.6 is 11.6 Å². The summed E-state index contributed by atoms with van der Waals surface area (Å²) < 4.78 is 6.88.